The van der Waals surface area contributed by atoms with Crippen molar-refractivity contribution in [2.24, 2.45) is 0 Å². The predicted molar refractivity (Wildman–Crippen MR) is 132 cm³/mol. The van der Waals surface area contributed by atoms with E-state index in [0.29, 0.717) is 5.56 Å². The first-order valence-corrected chi connectivity index (χ1v) is 11.4. The molecule has 1 aromatic carbocycles. The maximum absolute atomic E-state index is 12.5. The van der Waals surface area contributed by atoms with E-state index < -0.39 is 29.6 Å². The third kappa shape index (κ3) is 6.18. The Morgan fingerprint density at radius 2 is 1.91 bits per heavy atom. The van der Waals surface area contributed by atoms with Crippen LogP contribution in [-0.2, 0) is 19.1 Å². The molecule has 0 spiro atoms. The highest BCUT2D eigenvalue weighted by Crippen LogP contribution is 2.31. The van der Waals surface area contributed by atoms with Gasteiger partial charge in [-0.1, -0.05) is 30.3 Å². The highest BCUT2D eigenvalue weighted by atomic mass is 32.2. The Hall–Kier alpha value is -4.31. The molecule has 1 saturated heterocycles. The number of para-hydroxylation sites is 1. The lowest BCUT2D eigenvalue weighted by Crippen LogP contribution is -2.38. The molecule has 0 atom stereocenters. The number of carbonyl (C=O) groups excluding carboxylic acids is 4. The van der Waals surface area contributed by atoms with Gasteiger partial charge in [-0.3, -0.25) is 29.3 Å². The fraction of sp³-hybridized carbons (Fsp3) is 0.120. The molecule has 1 N–H and O–H groups in total. The molecule has 0 radical (unpaired) electrons. The number of fused-ring (bicyclic) bond motifs is 1. The number of aromatic nitrogens is 2. The highest BCUT2D eigenvalue weighted by Gasteiger charge is 2.34. The summed E-state index contributed by atoms with van der Waals surface area (Å²) in [5.41, 5.74) is 2.21. The minimum atomic E-state index is -0.681. The van der Waals surface area contributed by atoms with Gasteiger partial charge in [0.25, 0.3) is 17.1 Å². The van der Waals surface area contributed by atoms with Crippen LogP contribution >= 0.6 is 11.8 Å². The molecule has 1 aliphatic heterocycles. The number of hydrogen-bond acceptors (Lipinski definition) is 8. The third-order valence-electron chi connectivity index (χ3n) is 4.92. The Morgan fingerprint density at radius 1 is 1.09 bits per heavy atom. The number of thioether (sulfide) groups is 1. The van der Waals surface area contributed by atoms with Crippen molar-refractivity contribution in [3.8, 4) is 0 Å². The number of carbonyl (C=O) groups is 4. The molecule has 10 heteroatoms. The zero-order valence-corrected chi connectivity index (χ0v) is 19.2. The summed E-state index contributed by atoms with van der Waals surface area (Å²) in [5.74, 6) is -1.66. The number of nitrogens with zero attached hydrogens (tertiary/aromatic N) is 3. The summed E-state index contributed by atoms with van der Waals surface area (Å²) in [5, 5.41) is 3.06. The molecule has 4 rings (SSSR count). The highest BCUT2D eigenvalue weighted by molar-refractivity contribution is 8.18. The first kappa shape index (κ1) is 23.8. The summed E-state index contributed by atoms with van der Waals surface area (Å²) in [7, 11) is 0. The van der Waals surface area contributed by atoms with Gasteiger partial charge in [0.1, 0.15) is 0 Å². The number of nitrogens with one attached hydrogen (secondary N) is 1. The Bertz CT molecular complexity index is 1330. The summed E-state index contributed by atoms with van der Waals surface area (Å²) in [6, 6.07) is 12.8. The SMILES string of the molecule is O=C(COC(=O)/C=C/c1cccc2cccnc12)NCCN1C(=O)S/C(=C\c2cccnc2)C1=O. The Labute approximate surface area is 204 Å². The van der Waals surface area contributed by atoms with Crippen LogP contribution in [0.5, 0.6) is 0 Å². The second-order valence-electron chi connectivity index (χ2n) is 7.33. The second kappa shape index (κ2) is 11.2. The lowest BCUT2D eigenvalue weighted by Gasteiger charge is -2.12. The molecule has 176 valence electrons. The normalized spacial score (nSPS) is 14.7. The zero-order chi connectivity index (χ0) is 24.6. The molecule has 1 fully saturated rings. The summed E-state index contributed by atoms with van der Waals surface area (Å²) in [4.78, 5) is 58.3. The van der Waals surface area contributed by atoms with E-state index in [-0.39, 0.29) is 18.0 Å². The molecule has 3 aromatic rings. The number of rotatable bonds is 8. The molecule has 0 unspecified atom stereocenters. The van der Waals surface area contributed by atoms with E-state index in [0.717, 1.165) is 33.1 Å². The van der Waals surface area contributed by atoms with Crippen molar-refractivity contribution >= 4 is 57.8 Å². The maximum Gasteiger partial charge on any atom is 0.331 e. The van der Waals surface area contributed by atoms with Crippen LogP contribution in [0.1, 0.15) is 11.1 Å². The fourth-order valence-electron chi connectivity index (χ4n) is 3.27. The van der Waals surface area contributed by atoms with E-state index in [1.807, 2.05) is 30.3 Å². The maximum atomic E-state index is 12.5. The molecule has 9 nitrogen and oxygen atoms in total. The smallest absolute Gasteiger partial charge is 0.331 e. The minimum absolute atomic E-state index is 0.00270. The molecule has 1 aliphatic rings. The number of benzene rings is 1. The average molecular weight is 489 g/mol. The van der Waals surface area contributed by atoms with Crippen LogP contribution in [0.3, 0.4) is 0 Å². The lowest BCUT2D eigenvalue weighted by atomic mass is 10.1. The molecular formula is C25H20N4O5S. The Kier molecular flexibility index (Phi) is 7.63. The van der Waals surface area contributed by atoms with Crippen molar-refractivity contribution in [2.45, 2.75) is 0 Å². The summed E-state index contributed by atoms with van der Waals surface area (Å²) in [6.45, 7) is -0.450. The Morgan fingerprint density at radius 3 is 2.74 bits per heavy atom. The topological polar surface area (TPSA) is 119 Å². The number of hydrogen-bond donors (Lipinski definition) is 1. The van der Waals surface area contributed by atoms with Crippen molar-refractivity contribution in [1.82, 2.24) is 20.2 Å². The second-order valence-corrected chi connectivity index (χ2v) is 8.33. The molecule has 2 aromatic heterocycles. The number of amides is 3. The largest absolute Gasteiger partial charge is 0.452 e. The van der Waals surface area contributed by atoms with Gasteiger partial charge in [0.15, 0.2) is 6.61 Å². The number of esters is 1. The number of pyridine rings is 2. The van der Waals surface area contributed by atoms with E-state index >= 15 is 0 Å². The number of ether oxygens (including phenoxy) is 1. The summed E-state index contributed by atoms with van der Waals surface area (Å²) >= 11 is 0.830. The molecule has 35 heavy (non-hydrogen) atoms. The monoisotopic (exact) mass is 488 g/mol. The average Bonchev–Trinajstić information content (AvgIpc) is 3.14. The van der Waals surface area contributed by atoms with Crippen molar-refractivity contribution in [3.63, 3.8) is 0 Å². The first-order chi connectivity index (χ1) is 17.0. The quantitative estimate of drug-likeness (QED) is 0.380. The molecule has 3 amide bonds. The van der Waals surface area contributed by atoms with Gasteiger partial charge < -0.3 is 10.1 Å². The van der Waals surface area contributed by atoms with Gasteiger partial charge in [0, 0.05) is 48.7 Å². The molecule has 0 saturated carbocycles. The first-order valence-electron chi connectivity index (χ1n) is 10.6. The molecule has 0 aliphatic carbocycles. The van der Waals surface area contributed by atoms with E-state index in [4.69, 9.17) is 4.74 Å². The van der Waals surface area contributed by atoms with Crippen molar-refractivity contribution in [2.75, 3.05) is 19.7 Å². The van der Waals surface area contributed by atoms with Gasteiger partial charge in [0.05, 0.1) is 10.4 Å². The van der Waals surface area contributed by atoms with E-state index in [9.17, 15) is 19.2 Å². The third-order valence-corrected chi connectivity index (χ3v) is 5.83. The summed E-state index contributed by atoms with van der Waals surface area (Å²) in [6.07, 6.45) is 9.27. The van der Waals surface area contributed by atoms with Gasteiger partial charge in [-0.05, 0) is 41.6 Å². The van der Waals surface area contributed by atoms with Crippen molar-refractivity contribution in [3.05, 3.63) is 83.2 Å². The van der Waals surface area contributed by atoms with Crippen LogP contribution in [0.25, 0.3) is 23.1 Å². The van der Waals surface area contributed by atoms with Crippen LogP contribution in [-0.4, -0.2) is 57.6 Å². The van der Waals surface area contributed by atoms with Crippen LogP contribution < -0.4 is 5.32 Å². The van der Waals surface area contributed by atoms with Crippen molar-refractivity contribution in [1.29, 1.82) is 0 Å². The lowest BCUT2D eigenvalue weighted by molar-refractivity contribution is -0.143. The van der Waals surface area contributed by atoms with Crippen LogP contribution in [0.4, 0.5) is 4.79 Å². The van der Waals surface area contributed by atoms with Crippen LogP contribution in [0, 0.1) is 0 Å². The van der Waals surface area contributed by atoms with Gasteiger partial charge in [-0.25, -0.2) is 4.79 Å². The van der Waals surface area contributed by atoms with Gasteiger partial charge in [-0.2, -0.15) is 0 Å². The van der Waals surface area contributed by atoms with Crippen LogP contribution in [0.2, 0.25) is 0 Å². The predicted octanol–water partition coefficient (Wildman–Crippen LogP) is 3.04. The minimum Gasteiger partial charge on any atom is -0.452 e. The fourth-order valence-corrected chi connectivity index (χ4v) is 4.13. The van der Waals surface area contributed by atoms with Crippen LogP contribution in [0.15, 0.2) is 72.0 Å². The molecule has 0 bridgehead atoms. The van der Waals surface area contributed by atoms with Gasteiger partial charge in [0.2, 0.25) is 0 Å². The number of imide groups is 1. The molecule has 3 heterocycles. The van der Waals surface area contributed by atoms with Gasteiger partial charge in [-0.15, -0.1) is 0 Å². The summed E-state index contributed by atoms with van der Waals surface area (Å²) < 4.78 is 4.96. The standard InChI is InChI=1S/C25H20N4O5S/c30-21(16-34-22(31)9-8-19-6-1-5-18-7-3-11-28-23(18)19)27-12-13-29-24(32)20(35-25(29)33)14-17-4-2-10-26-15-17/h1-11,14-15H,12-13,16H2,(H,27,30)/b9-8+,20-14-. The molecular weight excluding hydrogens is 468 g/mol. The Balaban J connectivity index is 1.22. The van der Waals surface area contributed by atoms with E-state index in [1.54, 1.807) is 42.9 Å². The van der Waals surface area contributed by atoms with Crippen molar-refractivity contribution < 1.29 is 23.9 Å². The van der Waals surface area contributed by atoms with Gasteiger partial charge >= 0.3 is 5.97 Å². The zero-order valence-electron chi connectivity index (χ0n) is 18.4. The van der Waals surface area contributed by atoms with E-state index in [2.05, 4.69) is 15.3 Å². The van der Waals surface area contributed by atoms with E-state index in [1.165, 1.54) is 6.08 Å².